The molecule has 1 aromatic carbocycles. The van der Waals surface area contributed by atoms with Crippen molar-refractivity contribution in [2.75, 3.05) is 13.7 Å². The van der Waals surface area contributed by atoms with Crippen molar-refractivity contribution in [2.24, 2.45) is 4.99 Å². The van der Waals surface area contributed by atoms with Crippen molar-refractivity contribution >= 4 is 5.71 Å². The number of hydrogen-bond donors (Lipinski definition) is 0. The van der Waals surface area contributed by atoms with Gasteiger partial charge in [-0.1, -0.05) is 45.4 Å². The van der Waals surface area contributed by atoms with Crippen molar-refractivity contribution in [1.82, 2.24) is 0 Å². The fourth-order valence-corrected chi connectivity index (χ4v) is 2.35. The minimum absolute atomic E-state index is 0.0845. The molecule has 0 aromatic heterocycles. The molecule has 0 heterocycles. The van der Waals surface area contributed by atoms with E-state index < -0.39 is 11.9 Å². The molecule has 0 amide bonds. The van der Waals surface area contributed by atoms with E-state index in [1.807, 2.05) is 0 Å². The fourth-order valence-electron chi connectivity index (χ4n) is 2.35. The van der Waals surface area contributed by atoms with E-state index in [2.05, 4.69) is 11.9 Å². The highest BCUT2D eigenvalue weighted by Crippen LogP contribution is 2.24. The lowest BCUT2D eigenvalue weighted by Gasteiger charge is -2.11. The van der Waals surface area contributed by atoms with Crippen molar-refractivity contribution in [3.63, 3.8) is 0 Å². The maximum Gasteiger partial charge on any atom is 0.433 e. The maximum absolute atomic E-state index is 13.1. The average molecular weight is 329 g/mol. The molecule has 2 nitrogen and oxygen atoms in total. The first kappa shape index (κ1) is 19.5. The highest BCUT2D eigenvalue weighted by molar-refractivity contribution is 6.04. The van der Waals surface area contributed by atoms with Gasteiger partial charge < -0.3 is 4.74 Å². The van der Waals surface area contributed by atoms with Gasteiger partial charge in [-0.3, -0.25) is 4.99 Å². The second-order valence-electron chi connectivity index (χ2n) is 5.58. The minimum Gasteiger partial charge on any atom is -0.497 e. The Morgan fingerprint density at radius 2 is 1.52 bits per heavy atom. The van der Waals surface area contributed by atoms with Crippen LogP contribution in [0.3, 0.4) is 0 Å². The van der Waals surface area contributed by atoms with Crippen LogP contribution >= 0.6 is 0 Å². The molecule has 0 saturated heterocycles. The first-order valence-corrected chi connectivity index (χ1v) is 8.25. The fraction of sp³-hybridized carbons (Fsp3) is 0.611. The number of halogens is 3. The van der Waals surface area contributed by atoms with Crippen LogP contribution in [0.5, 0.6) is 5.75 Å². The van der Waals surface area contributed by atoms with Gasteiger partial charge in [-0.15, -0.1) is 0 Å². The Morgan fingerprint density at radius 3 is 2.04 bits per heavy atom. The lowest BCUT2D eigenvalue weighted by molar-refractivity contribution is -0.0582. The van der Waals surface area contributed by atoms with E-state index in [0.29, 0.717) is 12.2 Å². The Balaban J connectivity index is 2.54. The predicted octanol–water partition coefficient (Wildman–Crippen LogP) is 5.80. The van der Waals surface area contributed by atoms with Crippen molar-refractivity contribution in [1.29, 1.82) is 0 Å². The average Bonchev–Trinajstić information content (AvgIpc) is 2.52. The molecule has 0 fully saturated rings. The Labute approximate surface area is 136 Å². The van der Waals surface area contributed by atoms with Crippen molar-refractivity contribution < 1.29 is 17.9 Å². The van der Waals surface area contributed by atoms with Gasteiger partial charge in [0.1, 0.15) is 11.5 Å². The van der Waals surface area contributed by atoms with Crippen LogP contribution in [0.2, 0.25) is 0 Å². The van der Waals surface area contributed by atoms with Crippen molar-refractivity contribution in [3.8, 4) is 5.75 Å². The molecule has 0 unspecified atom stereocenters. The molecular weight excluding hydrogens is 303 g/mol. The zero-order chi connectivity index (χ0) is 17.1. The molecule has 1 rings (SSSR count). The summed E-state index contributed by atoms with van der Waals surface area (Å²) in [5.41, 5.74) is -0.715. The summed E-state index contributed by atoms with van der Waals surface area (Å²) in [4.78, 5) is 3.81. The summed E-state index contributed by atoms with van der Waals surface area (Å²) in [5.74, 6) is 0.530. The molecule has 23 heavy (non-hydrogen) atoms. The first-order chi connectivity index (χ1) is 11.0. The van der Waals surface area contributed by atoms with Crippen LogP contribution in [-0.2, 0) is 0 Å². The lowest BCUT2D eigenvalue weighted by atomic mass is 10.1. The molecule has 0 aliphatic carbocycles. The molecule has 0 radical (unpaired) electrons. The number of ether oxygens (including phenoxy) is 1. The Bertz CT molecular complexity index is 466. The maximum atomic E-state index is 13.1. The Morgan fingerprint density at radius 1 is 0.957 bits per heavy atom. The second kappa shape index (κ2) is 10.3. The smallest absolute Gasteiger partial charge is 0.433 e. The van der Waals surface area contributed by atoms with Crippen LogP contribution in [0.1, 0.15) is 57.4 Å². The molecule has 0 spiro atoms. The molecule has 0 bridgehead atoms. The highest BCUT2D eigenvalue weighted by atomic mass is 19.4. The number of alkyl halides is 3. The van der Waals surface area contributed by atoms with Crippen LogP contribution in [0.4, 0.5) is 13.2 Å². The lowest BCUT2D eigenvalue weighted by Crippen LogP contribution is -2.24. The summed E-state index contributed by atoms with van der Waals surface area (Å²) >= 11 is 0. The third-order valence-corrected chi connectivity index (χ3v) is 3.66. The van der Waals surface area contributed by atoms with Gasteiger partial charge in [-0.2, -0.15) is 13.2 Å². The first-order valence-electron chi connectivity index (χ1n) is 8.25. The van der Waals surface area contributed by atoms with Gasteiger partial charge in [0.25, 0.3) is 0 Å². The van der Waals surface area contributed by atoms with Crippen molar-refractivity contribution in [3.05, 3.63) is 29.8 Å². The third kappa shape index (κ3) is 7.53. The summed E-state index contributed by atoms with van der Waals surface area (Å²) in [6, 6.07) is 5.83. The molecule has 0 saturated carbocycles. The quantitative estimate of drug-likeness (QED) is 0.393. The van der Waals surface area contributed by atoms with Crippen LogP contribution in [-0.4, -0.2) is 25.5 Å². The number of aliphatic imine (C=N–C) groups is 1. The zero-order valence-electron chi connectivity index (χ0n) is 14.0. The molecule has 0 aliphatic heterocycles. The predicted molar refractivity (Wildman–Crippen MR) is 88.4 cm³/mol. The third-order valence-electron chi connectivity index (χ3n) is 3.66. The van der Waals surface area contributed by atoms with Gasteiger partial charge in [0.2, 0.25) is 0 Å². The topological polar surface area (TPSA) is 21.6 Å². The molecule has 0 atom stereocenters. The summed E-state index contributed by atoms with van der Waals surface area (Å²) in [6.07, 6.45) is 3.05. The summed E-state index contributed by atoms with van der Waals surface area (Å²) in [6.45, 7) is 2.38. The van der Waals surface area contributed by atoms with Crippen molar-refractivity contribution in [2.45, 2.75) is 58.0 Å². The van der Waals surface area contributed by atoms with E-state index >= 15 is 0 Å². The van der Waals surface area contributed by atoms with Crippen LogP contribution in [0.25, 0.3) is 0 Å². The van der Waals surface area contributed by atoms with E-state index in [1.165, 1.54) is 50.6 Å². The molecule has 5 heteroatoms. The number of rotatable bonds is 10. The van der Waals surface area contributed by atoms with E-state index in [9.17, 15) is 13.2 Å². The number of unbranched alkanes of at least 4 members (excludes halogenated alkanes) is 6. The molecular formula is C18H26F3NO. The minimum atomic E-state index is -4.43. The SMILES string of the molecule is CCCCCCCCCN=C(c1ccc(OC)cc1)C(F)(F)F. The van der Waals surface area contributed by atoms with E-state index in [1.54, 1.807) is 0 Å². The highest BCUT2D eigenvalue weighted by Gasteiger charge is 2.36. The molecule has 1 aromatic rings. The van der Waals surface area contributed by atoms with E-state index in [0.717, 1.165) is 19.3 Å². The molecule has 0 aliphatic rings. The van der Waals surface area contributed by atoms with Crippen LogP contribution < -0.4 is 4.74 Å². The van der Waals surface area contributed by atoms with E-state index in [4.69, 9.17) is 4.74 Å². The number of hydrogen-bond acceptors (Lipinski definition) is 2. The monoisotopic (exact) mass is 329 g/mol. The number of nitrogens with zero attached hydrogens (tertiary/aromatic N) is 1. The van der Waals surface area contributed by atoms with Gasteiger partial charge in [-0.05, 0) is 30.7 Å². The van der Waals surface area contributed by atoms with Gasteiger partial charge in [0, 0.05) is 12.1 Å². The summed E-state index contributed by atoms with van der Waals surface area (Å²) in [5, 5.41) is 0. The van der Waals surface area contributed by atoms with Crippen LogP contribution in [0.15, 0.2) is 29.3 Å². The zero-order valence-corrected chi connectivity index (χ0v) is 14.0. The van der Waals surface area contributed by atoms with Gasteiger partial charge >= 0.3 is 6.18 Å². The molecule has 130 valence electrons. The summed E-state index contributed by atoms with van der Waals surface area (Å²) < 4.78 is 44.4. The van der Waals surface area contributed by atoms with Gasteiger partial charge in [0.05, 0.1) is 7.11 Å². The van der Waals surface area contributed by atoms with Gasteiger partial charge in [-0.25, -0.2) is 0 Å². The molecule has 0 N–H and O–H groups in total. The Hall–Kier alpha value is -1.52. The summed E-state index contributed by atoms with van der Waals surface area (Å²) in [7, 11) is 1.48. The van der Waals surface area contributed by atoms with Crippen LogP contribution in [0, 0.1) is 0 Å². The second-order valence-corrected chi connectivity index (χ2v) is 5.58. The normalized spacial score (nSPS) is 12.5. The largest absolute Gasteiger partial charge is 0.497 e. The number of benzene rings is 1. The standard InChI is InChI=1S/C18H26F3NO/c1-3-4-5-6-7-8-9-14-22-17(18(19,20)21)15-10-12-16(23-2)13-11-15/h10-13H,3-9,14H2,1-2H3. The van der Waals surface area contributed by atoms with Gasteiger partial charge in [0.15, 0.2) is 0 Å². The number of methoxy groups -OCH3 is 1. The Kier molecular flexibility index (Phi) is 8.74. The van der Waals surface area contributed by atoms with E-state index in [-0.39, 0.29) is 12.1 Å².